The Morgan fingerprint density at radius 1 is 0.931 bits per heavy atom. The van der Waals surface area contributed by atoms with Crippen LogP contribution in [0.2, 0.25) is 15.1 Å². The molecule has 0 radical (unpaired) electrons. The second kappa shape index (κ2) is 8.50. The number of fused-ring (bicyclic) bond motifs is 1. The molecule has 1 atom stereocenters. The third-order valence-electron chi connectivity index (χ3n) is 4.84. The Morgan fingerprint density at radius 3 is 2.48 bits per heavy atom. The molecule has 1 heterocycles. The minimum Gasteiger partial charge on any atom is -0.361 e. The number of hydrogen-bond acceptors (Lipinski definition) is 1. The topological polar surface area (TPSA) is 44.9 Å². The molecule has 0 saturated heterocycles. The lowest BCUT2D eigenvalue weighted by Gasteiger charge is -2.18. The van der Waals surface area contributed by atoms with Crippen molar-refractivity contribution in [1.82, 2.24) is 4.98 Å². The zero-order chi connectivity index (χ0) is 20.4. The van der Waals surface area contributed by atoms with E-state index in [4.69, 9.17) is 34.8 Å². The third kappa shape index (κ3) is 4.43. The zero-order valence-electron chi connectivity index (χ0n) is 15.3. The van der Waals surface area contributed by atoms with Crippen molar-refractivity contribution in [3.05, 3.63) is 99.1 Å². The highest BCUT2D eigenvalue weighted by Gasteiger charge is 2.22. The van der Waals surface area contributed by atoms with Crippen molar-refractivity contribution in [2.75, 3.05) is 5.32 Å². The number of nitrogens with one attached hydrogen (secondary N) is 2. The molecule has 0 aliphatic heterocycles. The van der Waals surface area contributed by atoms with E-state index >= 15 is 0 Å². The second-order valence-electron chi connectivity index (χ2n) is 6.78. The Bertz CT molecular complexity index is 1170. The lowest BCUT2D eigenvalue weighted by molar-refractivity contribution is -0.116. The number of aromatic amines is 1. The standard InChI is InChI=1S/C23H17Cl3N2O/c24-15-7-9-22-18(11-15)19(13-27-22)17(14-6-8-20(25)21(26)10-14)12-23(29)28-16-4-2-1-3-5-16/h1-11,13,17,27H,12H2,(H,28,29)/t17-/m0/s1. The van der Waals surface area contributed by atoms with E-state index in [2.05, 4.69) is 10.3 Å². The number of H-pyrrole nitrogens is 1. The molecular formula is C23H17Cl3N2O. The van der Waals surface area contributed by atoms with Gasteiger partial charge in [-0.05, 0) is 53.6 Å². The largest absolute Gasteiger partial charge is 0.361 e. The Balaban J connectivity index is 1.73. The summed E-state index contributed by atoms with van der Waals surface area (Å²) in [4.78, 5) is 16.1. The molecule has 4 rings (SSSR count). The fraction of sp³-hybridized carbons (Fsp3) is 0.0870. The van der Waals surface area contributed by atoms with Gasteiger partial charge >= 0.3 is 0 Å². The summed E-state index contributed by atoms with van der Waals surface area (Å²) in [6, 6.07) is 20.5. The van der Waals surface area contributed by atoms with E-state index in [0.717, 1.165) is 27.7 Å². The normalized spacial score (nSPS) is 12.1. The summed E-state index contributed by atoms with van der Waals surface area (Å²) in [5.41, 5.74) is 3.60. The van der Waals surface area contributed by atoms with Crippen LogP contribution >= 0.6 is 34.8 Å². The van der Waals surface area contributed by atoms with Gasteiger partial charge in [-0.25, -0.2) is 0 Å². The monoisotopic (exact) mass is 442 g/mol. The summed E-state index contributed by atoms with van der Waals surface area (Å²) in [6.07, 6.45) is 2.16. The highest BCUT2D eigenvalue weighted by molar-refractivity contribution is 6.42. The first-order valence-electron chi connectivity index (χ1n) is 9.07. The number of carbonyl (C=O) groups excluding carboxylic acids is 1. The van der Waals surface area contributed by atoms with Crippen LogP contribution in [0.4, 0.5) is 5.69 Å². The molecule has 0 saturated carbocycles. The molecule has 0 spiro atoms. The van der Waals surface area contributed by atoms with Crippen LogP contribution in [0.5, 0.6) is 0 Å². The number of halogens is 3. The Hall–Kier alpha value is -2.46. The van der Waals surface area contributed by atoms with Gasteiger partial charge in [-0.3, -0.25) is 4.79 Å². The molecule has 146 valence electrons. The number of para-hydroxylation sites is 1. The molecule has 0 aliphatic carbocycles. The van der Waals surface area contributed by atoms with Gasteiger partial charge in [0.05, 0.1) is 10.0 Å². The maximum atomic E-state index is 12.8. The first-order chi connectivity index (χ1) is 14.0. The molecule has 0 unspecified atom stereocenters. The highest BCUT2D eigenvalue weighted by Crippen LogP contribution is 2.37. The van der Waals surface area contributed by atoms with Crippen LogP contribution in [-0.2, 0) is 4.79 Å². The molecule has 29 heavy (non-hydrogen) atoms. The van der Waals surface area contributed by atoms with Gasteiger partial charge < -0.3 is 10.3 Å². The van der Waals surface area contributed by atoms with Gasteiger partial charge in [-0.15, -0.1) is 0 Å². The summed E-state index contributed by atoms with van der Waals surface area (Å²) in [6.45, 7) is 0. The number of aromatic nitrogens is 1. The molecule has 3 nitrogen and oxygen atoms in total. The molecule has 0 fully saturated rings. The minimum absolute atomic E-state index is 0.0938. The number of hydrogen-bond donors (Lipinski definition) is 2. The molecule has 2 N–H and O–H groups in total. The summed E-state index contributed by atoms with van der Waals surface area (Å²) < 4.78 is 0. The Kier molecular flexibility index (Phi) is 5.81. The molecule has 1 amide bonds. The van der Waals surface area contributed by atoms with E-state index in [0.29, 0.717) is 15.1 Å². The summed E-state index contributed by atoms with van der Waals surface area (Å²) in [5.74, 6) is -0.315. The number of carbonyl (C=O) groups is 1. The van der Waals surface area contributed by atoms with Crippen molar-refractivity contribution >= 4 is 57.3 Å². The molecule has 6 heteroatoms. The van der Waals surface area contributed by atoms with Crippen LogP contribution in [0.3, 0.4) is 0 Å². The van der Waals surface area contributed by atoms with Gasteiger partial charge in [0.25, 0.3) is 0 Å². The van der Waals surface area contributed by atoms with E-state index in [1.165, 1.54) is 0 Å². The fourth-order valence-electron chi connectivity index (χ4n) is 3.46. The van der Waals surface area contributed by atoms with Gasteiger partial charge in [0.1, 0.15) is 0 Å². The van der Waals surface area contributed by atoms with Crippen molar-refractivity contribution < 1.29 is 4.79 Å². The summed E-state index contributed by atoms with van der Waals surface area (Å²) in [5, 5.41) is 5.50. The van der Waals surface area contributed by atoms with Gasteiger partial charge in [0.2, 0.25) is 5.91 Å². The summed E-state index contributed by atoms with van der Waals surface area (Å²) in [7, 11) is 0. The minimum atomic E-state index is -0.222. The second-order valence-corrected chi connectivity index (χ2v) is 8.03. The van der Waals surface area contributed by atoms with E-state index in [-0.39, 0.29) is 18.2 Å². The average molecular weight is 444 g/mol. The maximum Gasteiger partial charge on any atom is 0.225 e. The highest BCUT2D eigenvalue weighted by atomic mass is 35.5. The molecule has 1 aromatic heterocycles. The van der Waals surface area contributed by atoms with Crippen LogP contribution in [0.1, 0.15) is 23.5 Å². The van der Waals surface area contributed by atoms with Crippen molar-refractivity contribution in [2.24, 2.45) is 0 Å². The molecule has 0 aliphatic rings. The first-order valence-corrected chi connectivity index (χ1v) is 10.2. The predicted molar refractivity (Wildman–Crippen MR) is 121 cm³/mol. The lowest BCUT2D eigenvalue weighted by atomic mass is 9.88. The molecule has 4 aromatic rings. The SMILES string of the molecule is O=C(C[C@@H](c1ccc(Cl)c(Cl)c1)c1c[nH]c2ccc(Cl)cc12)Nc1ccccc1. The average Bonchev–Trinajstić information content (AvgIpc) is 3.12. The van der Waals surface area contributed by atoms with Crippen LogP contribution < -0.4 is 5.32 Å². The Morgan fingerprint density at radius 2 is 1.72 bits per heavy atom. The van der Waals surface area contributed by atoms with Gasteiger partial charge in [0, 0.05) is 40.1 Å². The first kappa shape index (κ1) is 19.8. The van der Waals surface area contributed by atoms with E-state index in [1.807, 2.05) is 66.9 Å². The van der Waals surface area contributed by atoms with Crippen molar-refractivity contribution in [2.45, 2.75) is 12.3 Å². The Labute approximate surface area is 183 Å². The molecule has 0 bridgehead atoms. The third-order valence-corrected chi connectivity index (χ3v) is 5.82. The zero-order valence-corrected chi connectivity index (χ0v) is 17.5. The summed E-state index contributed by atoms with van der Waals surface area (Å²) >= 11 is 18.6. The van der Waals surface area contributed by atoms with Gasteiger partial charge in [-0.1, -0.05) is 59.1 Å². The van der Waals surface area contributed by atoms with Gasteiger partial charge in [-0.2, -0.15) is 0 Å². The molecule has 3 aromatic carbocycles. The van der Waals surface area contributed by atoms with Crippen LogP contribution in [-0.4, -0.2) is 10.9 Å². The number of amides is 1. The van der Waals surface area contributed by atoms with Crippen LogP contribution in [0.15, 0.2) is 72.9 Å². The lowest BCUT2D eigenvalue weighted by Crippen LogP contribution is -2.16. The smallest absolute Gasteiger partial charge is 0.225 e. The number of anilines is 1. The maximum absolute atomic E-state index is 12.8. The van der Waals surface area contributed by atoms with E-state index in [9.17, 15) is 4.79 Å². The molecular weight excluding hydrogens is 427 g/mol. The van der Waals surface area contributed by atoms with Gasteiger partial charge in [0.15, 0.2) is 0 Å². The van der Waals surface area contributed by atoms with Crippen LogP contribution in [0, 0.1) is 0 Å². The number of rotatable bonds is 5. The van der Waals surface area contributed by atoms with Crippen molar-refractivity contribution in [1.29, 1.82) is 0 Å². The quantitative estimate of drug-likeness (QED) is 0.334. The predicted octanol–water partition coefficient (Wildman–Crippen LogP) is 7.29. The van der Waals surface area contributed by atoms with Crippen LogP contribution in [0.25, 0.3) is 10.9 Å². The van der Waals surface area contributed by atoms with Crippen molar-refractivity contribution in [3.8, 4) is 0 Å². The number of benzene rings is 3. The van der Waals surface area contributed by atoms with E-state index in [1.54, 1.807) is 6.07 Å². The van der Waals surface area contributed by atoms with E-state index < -0.39 is 0 Å². The fourth-order valence-corrected chi connectivity index (χ4v) is 3.94. The van der Waals surface area contributed by atoms with Crippen molar-refractivity contribution in [3.63, 3.8) is 0 Å².